The van der Waals surface area contributed by atoms with Gasteiger partial charge in [0.2, 0.25) is 11.6 Å². The molecule has 1 fully saturated rings. The van der Waals surface area contributed by atoms with Gasteiger partial charge in [-0.3, -0.25) is 4.79 Å². The van der Waals surface area contributed by atoms with Gasteiger partial charge in [-0.25, -0.2) is 0 Å². The second-order valence-electron chi connectivity index (χ2n) is 4.38. The van der Waals surface area contributed by atoms with E-state index in [1.54, 1.807) is 17.4 Å². The molecule has 2 unspecified atom stereocenters. The number of carbonyl (C=O) groups excluding carboxylic acids is 1. The molecule has 0 radical (unpaired) electrons. The van der Waals surface area contributed by atoms with Gasteiger partial charge in [0.05, 0.1) is 13.0 Å². The minimum atomic E-state index is -4.91. The number of amides is 1. The summed E-state index contributed by atoms with van der Waals surface area (Å²) in [4.78, 5) is 11.6. The fraction of sp³-hybridized carbons (Fsp3) is 0.417. The van der Waals surface area contributed by atoms with E-state index in [4.69, 9.17) is 4.74 Å². The molecule has 1 aliphatic rings. The van der Waals surface area contributed by atoms with Gasteiger partial charge in [0.15, 0.2) is 0 Å². The highest BCUT2D eigenvalue weighted by atomic mass is 19.4. The van der Waals surface area contributed by atoms with Crippen LogP contribution in [0.3, 0.4) is 0 Å². The van der Waals surface area contributed by atoms with Crippen LogP contribution in [0.1, 0.15) is 17.9 Å². The van der Waals surface area contributed by atoms with E-state index in [1.165, 1.54) is 19.2 Å². The van der Waals surface area contributed by atoms with Crippen LogP contribution in [0.2, 0.25) is 0 Å². The first kappa shape index (κ1) is 13.7. The van der Waals surface area contributed by atoms with E-state index >= 15 is 0 Å². The van der Waals surface area contributed by atoms with Crippen LogP contribution in [-0.2, 0) is 4.79 Å². The zero-order valence-corrected chi connectivity index (χ0v) is 9.99. The van der Waals surface area contributed by atoms with Gasteiger partial charge in [0.25, 0.3) is 0 Å². The molecule has 7 heteroatoms. The molecule has 0 aliphatic carbocycles. The largest absolute Gasteiger partial charge is 0.497 e. The number of hydrogen-bond acceptors (Lipinski definition) is 3. The third-order valence-electron chi connectivity index (χ3n) is 3.11. The third kappa shape index (κ3) is 2.37. The smallest absolute Gasteiger partial charge is 0.436 e. The molecule has 1 aromatic rings. The van der Waals surface area contributed by atoms with Gasteiger partial charge in [-0.15, -0.1) is 0 Å². The molecule has 19 heavy (non-hydrogen) atoms. The maximum atomic E-state index is 12.7. The number of alkyl halides is 3. The van der Waals surface area contributed by atoms with Gasteiger partial charge in [-0.1, -0.05) is 12.1 Å². The highest BCUT2D eigenvalue weighted by Crippen LogP contribution is 2.41. The molecule has 0 aromatic heterocycles. The predicted octanol–water partition coefficient (Wildman–Crippen LogP) is 1.55. The highest BCUT2D eigenvalue weighted by Gasteiger charge is 2.60. The van der Waals surface area contributed by atoms with Crippen molar-refractivity contribution in [2.24, 2.45) is 0 Å². The Bertz CT molecular complexity index is 503. The van der Waals surface area contributed by atoms with Crippen LogP contribution >= 0.6 is 0 Å². The molecule has 2 rings (SSSR count). The van der Waals surface area contributed by atoms with Crippen molar-refractivity contribution in [3.8, 4) is 5.75 Å². The van der Waals surface area contributed by atoms with E-state index in [0.29, 0.717) is 11.3 Å². The number of carbonyl (C=O) groups is 1. The molecule has 0 spiro atoms. The third-order valence-corrected chi connectivity index (χ3v) is 3.11. The topological polar surface area (TPSA) is 58.6 Å². The second kappa shape index (κ2) is 4.41. The molecule has 1 amide bonds. The van der Waals surface area contributed by atoms with E-state index in [2.05, 4.69) is 0 Å². The second-order valence-corrected chi connectivity index (χ2v) is 4.38. The average molecular weight is 275 g/mol. The maximum absolute atomic E-state index is 12.7. The molecule has 1 heterocycles. The van der Waals surface area contributed by atoms with Gasteiger partial charge in [0, 0.05) is 6.42 Å². The van der Waals surface area contributed by atoms with Gasteiger partial charge in [0.1, 0.15) is 5.75 Å². The number of benzene rings is 1. The van der Waals surface area contributed by atoms with E-state index in [1.807, 2.05) is 0 Å². The number of halogens is 3. The Morgan fingerprint density at radius 1 is 1.47 bits per heavy atom. The molecule has 2 atom stereocenters. The summed E-state index contributed by atoms with van der Waals surface area (Å²) in [6, 6.07) is 6.19. The Labute approximate surface area is 107 Å². The fourth-order valence-electron chi connectivity index (χ4n) is 2.04. The minimum absolute atomic E-state index is 0.372. The van der Waals surface area contributed by atoms with Crippen LogP contribution in [0.5, 0.6) is 5.75 Å². The Balaban J connectivity index is 2.30. The van der Waals surface area contributed by atoms with Crippen molar-refractivity contribution in [3.05, 3.63) is 29.8 Å². The normalized spacial score (nSPS) is 27.2. The first-order valence-corrected chi connectivity index (χ1v) is 5.52. The van der Waals surface area contributed by atoms with Gasteiger partial charge in [-0.05, 0) is 17.7 Å². The van der Waals surface area contributed by atoms with Crippen LogP contribution in [0.4, 0.5) is 13.2 Å². The van der Waals surface area contributed by atoms with Crippen molar-refractivity contribution in [1.82, 2.24) is 5.32 Å². The number of methoxy groups -OCH3 is 1. The summed E-state index contributed by atoms with van der Waals surface area (Å²) in [5.74, 6) is -1.47. The molecule has 104 valence electrons. The summed E-state index contributed by atoms with van der Waals surface area (Å²) in [6.07, 6.45) is -5.65. The SMILES string of the molecule is COc1cccc(C2CC(O)(C(F)(F)F)NC2=O)c1. The lowest BCUT2D eigenvalue weighted by Crippen LogP contribution is -2.53. The summed E-state index contributed by atoms with van der Waals surface area (Å²) in [5, 5.41) is 11.1. The van der Waals surface area contributed by atoms with Crippen molar-refractivity contribution in [2.75, 3.05) is 7.11 Å². The molecule has 1 aliphatic heterocycles. The van der Waals surface area contributed by atoms with Crippen molar-refractivity contribution in [3.63, 3.8) is 0 Å². The zero-order chi connectivity index (χ0) is 14.3. The number of hydrogen-bond donors (Lipinski definition) is 2. The standard InChI is InChI=1S/C12H12F3NO3/c1-19-8-4-2-3-7(5-8)9-6-11(18,12(13,14)15)16-10(9)17/h2-5,9,18H,6H2,1H3,(H,16,17). The van der Waals surface area contributed by atoms with Crippen LogP contribution in [0.15, 0.2) is 24.3 Å². The Hall–Kier alpha value is -1.76. The van der Waals surface area contributed by atoms with Crippen LogP contribution < -0.4 is 10.1 Å². The van der Waals surface area contributed by atoms with Crippen molar-refractivity contribution in [2.45, 2.75) is 24.2 Å². The summed E-state index contributed by atoms with van der Waals surface area (Å²) in [6.45, 7) is 0. The summed E-state index contributed by atoms with van der Waals surface area (Å²) in [5.41, 5.74) is -2.80. The quantitative estimate of drug-likeness (QED) is 0.861. The predicted molar refractivity (Wildman–Crippen MR) is 59.5 cm³/mol. The minimum Gasteiger partial charge on any atom is -0.497 e. The Morgan fingerprint density at radius 2 is 2.16 bits per heavy atom. The van der Waals surface area contributed by atoms with E-state index < -0.39 is 30.1 Å². The van der Waals surface area contributed by atoms with Crippen molar-refractivity contribution >= 4 is 5.91 Å². The Morgan fingerprint density at radius 3 is 2.68 bits per heavy atom. The van der Waals surface area contributed by atoms with Crippen molar-refractivity contribution in [1.29, 1.82) is 0 Å². The molecule has 2 N–H and O–H groups in total. The van der Waals surface area contributed by atoms with E-state index in [-0.39, 0.29) is 0 Å². The molecule has 1 saturated heterocycles. The first-order chi connectivity index (χ1) is 8.77. The molecular weight excluding hydrogens is 263 g/mol. The lowest BCUT2D eigenvalue weighted by molar-refractivity contribution is -0.266. The first-order valence-electron chi connectivity index (χ1n) is 5.52. The van der Waals surface area contributed by atoms with E-state index in [9.17, 15) is 23.1 Å². The summed E-state index contributed by atoms with van der Waals surface area (Å²) < 4.78 is 42.9. The number of ether oxygens (including phenoxy) is 1. The number of nitrogens with one attached hydrogen (secondary N) is 1. The molecule has 0 bridgehead atoms. The summed E-state index contributed by atoms with van der Waals surface area (Å²) in [7, 11) is 1.42. The van der Waals surface area contributed by atoms with Crippen LogP contribution in [0, 0.1) is 0 Å². The van der Waals surface area contributed by atoms with Gasteiger partial charge < -0.3 is 15.2 Å². The fourth-order valence-corrected chi connectivity index (χ4v) is 2.04. The van der Waals surface area contributed by atoms with Crippen LogP contribution in [0.25, 0.3) is 0 Å². The van der Waals surface area contributed by atoms with Crippen molar-refractivity contribution < 1.29 is 27.8 Å². The maximum Gasteiger partial charge on any atom is 0.436 e. The molecule has 1 aromatic carbocycles. The zero-order valence-electron chi connectivity index (χ0n) is 9.99. The Kier molecular flexibility index (Phi) is 3.17. The highest BCUT2D eigenvalue weighted by molar-refractivity contribution is 5.87. The lowest BCUT2D eigenvalue weighted by atomic mass is 9.94. The summed E-state index contributed by atoms with van der Waals surface area (Å²) >= 11 is 0. The number of rotatable bonds is 2. The molecule has 4 nitrogen and oxygen atoms in total. The monoisotopic (exact) mass is 275 g/mol. The molecular formula is C12H12F3NO3. The van der Waals surface area contributed by atoms with Crippen LogP contribution in [-0.4, -0.2) is 30.0 Å². The number of aliphatic hydroxyl groups is 1. The average Bonchev–Trinajstić information content (AvgIpc) is 2.66. The molecule has 0 saturated carbocycles. The lowest BCUT2D eigenvalue weighted by Gasteiger charge is -2.25. The van der Waals surface area contributed by atoms with E-state index in [0.717, 1.165) is 0 Å². The van der Waals surface area contributed by atoms with Gasteiger partial charge >= 0.3 is 6.18 Å². The van der Waals surface area contributed by atoms with Gasteiger partial charge in [-0.2, -0.15) is 13.2 Å².